The van der Waals surface area contributed by atoms with Crippen molar-refractivity contribution in [1.29, 1.82) is 0 Å². The Balaban J connectivity index is 1.27. The minimum atomic E-state index is -3.14. The van der Waals surface area contributed by atoms with E-state index in [1.165, 1.54) is 19.1 Å². The molecular weight excluding hydrogens is 533 g/mol. The molecule has 2 fully saturated rings. The molecule has 0 unspecified atom stereocenters. The molecule has 2 aliphatic heterocycles. The third-order valence-electron chi connectivity index (χ3n) is 7.07. The van der Waals surface area contributed by atoms with Gasteiger partial charge in [-0.1, -0.05) is 0 Å². The second kappa shape index (κ2) is 10.4. The highest BCUT2D eigenvalue weighted by atomic mass is 31.2. The van der Waals surface area contributed by atoms with E-state index in [9.17, 15) is 18.9 Å². The largest absolute Gasteiger partial charge is 0.443 e. The van der Waals surface area contributed by atoms with E-state index in [4.69, 9.17) is 13.7 Å². The molecule has 1 N–H and O–H groups in total. The van der Waals surface area contributed by atoms with Crippen LogP contribution in [0.2, 0.25) is 0 Å². The molecule has 12 heteroatoms. The number of nitrogens with one attached hydrogen (secondary N) is 1. The predicted molar refractivity (Wildman–Crippen MR) is 140 cm³/mol. The maximum absolute atomic E-state index is 15.2. The van der Waals surface area contributed by atoms with Crippen LogP contribution in [-0.4, -0.2) is 43.5 Å². The Morgan fingerprint density at radius 1 is 1.13 bits per heavy atom. The van der Waals surface area contributed by atoms with Crippen LogP contribution in [-0.2, 0) is 14.1 Å². The Kier molecular flexibility index (Phi) is 7.20. The first-order valence-electron chi connectivity index (χ1n) is 12.5. The fraction of sp³-hybridized carbons (Fsp3) is 0.370. The molecule has 0 saturated carbocycles. The number of cyclic esters (lactones) is 1. The van der Waals surface area contributed by atoms with Gasteiger partial charge in [-0.25, -0.2) is 18.4 Å². The number of carbonyl (C=O) groups excluding carboxylic acids is 2. The van der Waals surface area contributed by atoms with Crippen molar-refractivity contribution in [2.75, 3.05) is 30.3 Å². The van der Waals surface area contributed by atoms with Crippen LogP contribution >= 0.6 is 7.37 Å². The first kappa shape index (κ1) is 26.9. The van der Waals surface area contributed by atoms with E-state index in [1.807, 2.05) is 0 Å². The molecule has 9 nitrogen and oxygen atoms in total. The Labute approximate surface area is 222 Å². The zero-order chi connectivity index (χ0) is 27.9. The number of hydrogen-bond donors (Lipinski definition) is 1. The number of nitrogens with zero attached hydrogens (tertiary/aromatic N) is 1. The van der Waals surface area contributed by atoms with E-state index < -0.39 is 42.7 Å². The molecule has 2 amide bonds. The third-order valence-corrected chi connectivity index (χ3v) is 9.49. The predicted octanol–water partition coefficient (Wildman–Crippen LogP) is 5.08. The molecule has 0 radical (unpaired) electrons. The summed E-state index contributed by atoms with van der Waals surface area (Å²) in [5.74, 6) is -2.10. The lowest BCUT2D eigenvalue weighted by Gasteiger charge is -2.30. The number of amides is 2. The SMILES string of the molecule is CC(=O)NC[C@H]1CN(c2cc(F)c(C3CCP(=O)(Oc4ccc5c(C)cc(=O)oc5c4)CC3)c(F)c2)C(=O)O1. The van der Waals surface area contributed by atoms with Crippen molar-refractivity contribution >= 4 is 36.0 Å². The summed E-state index contributed by atoms with van der Waals surface area (Å²) in [4.78, 5) is 36.2. The average molecular weight is 560 g/mol. The third kappa shape index (κ3) is 5.68. The lowest BCUT2D eigenvalue weighted by atomic mass is 9.92. The smallest absolute Gasteiger partial charge is 0.414 e. The fourth-order valence-electron chi connectivity index (χ4n) is 5.11. The molecule has 3 heterocycles. The van der Waals surface area contributed by atoms with Crippen molar-refractivity contribution in [3.8, 4) is 5.75 Å². The highest BCUT2D eigenvalue weighted by Crippen LogP contribution is 2.55. The van der Waals surface area contributed by atoms with Crippen LogP contribution in [0.1, 0.15) is 36.8 Å². The van der Waals surface area contributed by atoms with Gasteiger partial charge in [0, 0.05) is 42.3 Å². The van der Waals surface area contributed by atoms with Gasteiger partial charge < -0.3 is 19.0 Å². The van der Waals surface area contributed by atoms with Crippen molar-refractivity contribution in [3.63, 3.8) is 0 Å². The van der Waals surface area contributed by atoms with Crippen LogP contribution in [0, 0.1) is 18.6 Å². The maximum Gasteiger partial charge on any atom is 0.414 e. The molecule has 5 rings (SSSR count). The summed E-state index contributed by atoms with van der Waals surface area (Å²) < 4.78 is 60.0. The first-order valence-corrected chi connectivity index (χ1v) is 14.5. The van der Waals surface area contributed by atoms with E-state index in [-0.39, 0.29) is 55.4 Å². The van der Waals surface area contributed by atoms with Crippen LogP contribution in [0.5, 0.6) is 5.75 Å². The summed E-state index contributed by atoms with van der Waals surface area (Å²) in [6.45, 7) is 3.26. The first-order chi connectivity index (χ1) is 18.5. The number of rotatable bonds is 6. The fourth-order valence-corrected chi connectivity index (χ4v) is 7.42. The zero-order valence-electron chi connectivity index (χ0n) is 21.4. The van der Waals surface area contributed by atoms with Crippen LogP contribution in [0.25, 0.3) is 11.0 Å². The van der Waals surface area contributed by atoms with Gasteiger partial charge >= 0.3 is 11.7 Å². The zero-order valence-corrected chi connectivity index (χ0v) is 22.3. The Bertz CT molecular complexity index is 1540. The normalized spacial score (nSPS) is 23.1. The van der Waals surface area contributed by atoms with Crippen molar-refractivity contribution in [2.24, 2.45) is 0 Å². The number of hydrogen-bond acceptors (Lipinski definition) is 7. The molecule has 0 bridgehead atoms. The van der Waals surface area contributed by atoms with E-state index in [0.29, 0.717) is 11.3 Å². The Hall–Kier alpha value is -3.72. The lowest BCUT2D eigenvalue weighted by molar-refractivity contribution is -0.119. The molecule has 2 saturated heterocycles. The van der Waals surface area contributed by atoms with Crippen LogP contribution in [0.3, 0.4) is 0 Å². The summed E-state index contributed by atoms with van der Waals surface area (Å²) in [6.07, 6.45) is -0.652. The highest BCUT2D eigenvalue weighted by molar-refractivity contribution is 7.59. The van der Waals surface area contributed by atoms with Gasteiger partial charge in [0.2, 0.25) is 13.3 Å². The number of halogens is 2. The molecule has 1 atom stereocenters. The number of carbonyl (C=O) groups is 2. The molecule has 2 aromatic carbocycles. The minimum absolute atomic E-state index is 0.0204. The summed E-state index contributed by atoms with van der Waals surface area (Å²) in [6, 6.07) is 8.48. The molecule has 0 spiro atoms. The van der Waals surface area contributed by atoms with Crippen LogP contribution in [0.4, 0.5) is 19.3 Å². The molecule has 0 aliphatic carbocycles. The van der Waals surface area contributed by atoms with Crippen molar-refractivity contribution < 1.29 is 36.6 Å². The number of aryl methyl sites for hydroxylation is 1. The number of anilines is 1. The van der Waals surface area contributed by atoms with Crippen molar-refractivity contribution in [1.82, 2.24) is 5.32 Å². The number of benzene rings is 2. The monoisotopic (exact) mass is 560 g/mol. The van der Waals surface area contributed by atoms with Gasteiger partial charge in [-0.05, 0) is 55.5 Å². The van der Waals surface area contributed by atoms with Gasteiger partial charge in [0.25, 0.3) is 0 Å². The van der Waals surface area contributed by atoms with E-state index in [2.05, 4.69) is 5.32 Å². The topological polar surface area (TPSA) is 115 Å². The van der Waals surface area contributed by atoms with Gasteiger partial charge in [0.15, 0.2) is 0 Å². The Morgan fingerprint density at radius 3 is 2.49 bits per heavy atom. The van der Waals surface area contributed by atoms with Gasteiger partial charge in [-0.15, -0.1) is 0 Å². The Morgan fingerprint density at radius 2 is 1.82 bits per heavy atom. The number of ether oxygens (including phenoxy) is 1. The molecule has 3 aromatic rings. The molecule has 1 aromatic heterocycles. The van der Waals surface area contributed by atoms with Crippen molar-refractivity contribution in [2.45, 2.75) is 38.7 Å². The maximum atomic E-state index is 15.2. The van der Waals surface area contributed by atoms with E-state index in [0.717, 1.165) is 28.0 Å². The molecule has 206 valence electrons. The van der Waals surface area contributed by atoms with Gasteiger partial charge in [0.05, 0.1) is 18.8 Å². The van der Waals surface area contributed by atoms with Crippen LogP contribution < -0.4 is 20.4 Å². The summed E-state index contributed by atoms with van der Waals surface area (Å²) >= 11 is 0. The summed E-state index contributed by atoms with van der Waals surface area (Å²) in [5, 5.41) is 3.29. The minimum Gasteiger partial charge on any atom is -0.443 e. The highest BCUT2D eigenvalue weighted by Gasteiger charge is 2.37. The standard InChI is InChI=1S/C27H27F2N2O7P/c1-15-9-25(33)37-24-12-19(3-4-21(15)24)38-39(35)7-5-17(6-8-39)26-22(28)10-18(11-23(26)29)31-14-20(36-27(31)34)13-30-16(2)32/h3-4,9-12,17,20H,5-8,13-14H2,1-2H3,(H,30,32)/t17?,20-,39?/m0/s1. The van der Waals surface area contributed by atoms with Gasteiger partial charge in [-0.2, -0.15) is 0 Å². The average Bonchev–Trinajstić information content (AvgIpc) is 3.23. The molecular formula is C27H27F2N2O7P. The molecule has 39 heavy (non-hydrogen) atoms. The van der Waals surface area contributed by atoms with Crippen molar-refractivity contribution in [3.05, 3.63) is 69.6 Å². The van der Waals surface area contributed by atoms with E-state index >= 15 is 8.78 Å². The number of fused-ring (bicyclic) bond motifs is 1. The summed E-state index contributed by atoms with van der Waals surface area (Å²) in [7, 11) is -3.14. The van der Waals surface area contributed by atoms with Gasteiger partial charge in [0.1, 0.15) is 29.1 Å². The quantitative estimate of drug-likeness (QED) is 0.331. The summed E-state index contributed by atoms with van der Waals surface area (Å²) in [5.41, 5.74) is 0.487. The molecule has 2 aliphatic rings. The van der Waals surface area contributed by atoms with Crippen LogP contribution in [0.15, 0.2) is 45.6 Å². The second-order valence-electron chi connectivity index (χ2n) is 9.91. The van der Waals surface area contributed by atoms with Gasteiger partial charge in [-0.3, -0.25) is 14.3 Å². The lowest BCUT2D eigenvalue weighted by Crippen LogP contribution is -2.33. The van der Waals surface area contributed by atoms with E-state index in [1.54, 1.807) is 19.1 Å². The second-order valence-corrected chi connectivity index (χ2v) is 12.6.